The lowest BCUT2D eigenvalue weighted by Crippen LogP contribution is -2.32. The Morgan fingerprint density at radius 1 is 0.968 bits per heavy atom. The van der Waals surface area contributed by atoms with Gasteiger partial charge in [-0.25, -0.2) is 0 Å². The summed E-state index contributed by atoms with van der Waals surface area (Å²) in [6.45, 7) is 1.87. The Morgan fingerprint density at radius 3 is 2.42 bits per heavy atom. The van der Waals surface area contributed by atoms with Crippen LogP contribution in [0.5, 0.6) is 5.75 Å². The molecule has 0 saturated carbocycles. The third kappa shape index (κ3) is 4.75. The predicted octanol–water partition coefficient (Wildman–Crippen LogP) is 5.85. The van der Waals surface area contributed by atoms with Gasteiger partial charge in [-0.15, -0.1) is 10.2 Å². The molecule has 3 aromatic carbocycles. The first-order valence-corrected chi connectivity index (χ1v) is 10.2. The lowest BCUT2D eigenvalue weighted by molar-refractivity contribution is -0.122. The third-order valence-corrected chi connectivity index (χ3v) is 4.96. The summed E-state index contributed by atoms with van der Waals surface area (Å²) < 4.78 is 11.9. The van der Waals surface area contributed by atoms with Gasteiger partial charge in [-0.2, -0.15) is 0 Å². The van der Waals surface area contributed by atoms with Gasteiger partial charge in [-0.3, -0.25) is 4.79 Å². The molecule has 4 rings (SSSR count). The van der Waals surface area contributed by atoms with Gasteiger partial charge in [0.15, 0.2) is 6.10 Å². The summed E-state index contributed by atoms with van der Waals surface area (Å²) in [7, 11) is 0. The molecule has 0 aliphatic carbocycles. The fourth-order valence-corrected chi connectivity index (χ4v) is 3.21. The maximum Gasteiger partial charge on any atom is 0.265 e. The number of halogens is 1. The van der Waals surface area contributed by atoms with Crippen molar-refractivity contribution in [3.63, 3.8) is 0 Å². The number of hydrogen-bond donors (Lipinski definition) is 1. The highest BCUT2D eigenvalue weighted by Gasteiger charge is 2.22. The first kappa shape index (κ1) is 20.6. The molecule has 1 N–H and O–H groups in total. The van der Waals surface area contributed by atoms with Gasteiger partial charge in [0.2, 0.25) is 5.89 Å². The molecular weight excluding hydrogens is 414 g/mol. The van der Waals surface area contributed by atoms with Gasteiger partial charge in [0.05, 0.1) is 16.3 Å². The summed E-state index contributed by atoms with van der Waals surface area (Å²) in [6, 6.07) is 23.8. The molecule has 0 unspecified atom stereocenters. The summed E-state index contributed by atoms with van der Waals surface area (Å²) in [6.07, 6.45) is -0.266. The van der Waals surface area contributed by atoms with E-state index in [4.69, 9.17) is 20.8 Å². The van der Waals surface area contributed by atoms with E-state index in [0.29, 0.717) is 40.2 Å². The second-order valence-electron chi connectivity index (χ2n) is 6.76. The molecular formula is C24H20ClN3O3. The number of aromatic nitrogens is 2. The van der Waals surface area contributed by atoms with Crippen LogP contribution in [0.4, 0.5) is 5.69 Å². The molecule has 7 heteroatoms. The summed E-state index contributed by atoms with van der Waals surface area (Å²) in [4.78, 5) is 12.8. The average Bonchev–Trinajstić information content (AvgIpc) is 3.30. The number of anilines is 1. The van der Waals surface area contributed by atoms with Crippen LogP contribution >= 0.6 is 11.6 Å². The molecule has 0 aliphatic rings. The number of amides is 1. The SMILES string of the molecule is CC[C@@H](Oc1ccccc1-c1nnc(-c2ccccc2)o1)C(=O)Nc1ccccc1Cl. The Bertz CT molecular complexity index is 1180. The van der Waals surface area contributed by atoms with Crippen molar-refractivity contribution >= 4 is 23.2 Å². The van der Waals surface area contributed by atoms with Crippen molar-refractivity contribution < 1.29 is 13.9 Å². The summed E-state index contributed by atoms with van der Waals surface area (Å²) in [5.41, 5.74) is 1.97. The molecule has 31 heavy (non-hydrogen) atoms. The van der Waals surface area contributed by atoms with Crippen LogP contribution in [0.1, 0.15) is 13.3 Å². The van der Waals surface area contributed by atoms with Crippen LogP contribution in [0.3, 0.4) is 0 Å². The number of hydrogen-bond acceptors (Lipinski definition) is 5. The smallest absolute Gasteiger partial charge is 0.265 e. The van der Waals surface area contributed by atoms with Gasteiger partial charge < -0.3 is 14.5 Å². The highest BCUT2D eigenvalue weighted by molar-refractivity contribution is 6.33. The number of carbonyl (C=O) groups excluding carboxylic acids is 1. The van der Waals surface area contributed by atoms with Crippen molar-refractivity contribution in [3.8, 4) is 28.7 Å². The molecule has 1 atom stereocenters. The molecule has 0 fully saturated rings. The molecule has 1 amide bonds. The quantitative estimate of drug-likeness (QED) is 0.395. The maximum absolute atomic E-state index is 12.8. The van der Waals surface area contributed by atoms with Crippen molar-refractivity contribution in [2.75, 3.05) is 5.32 Å². The Balaban J connectivity index is 1.56. The van der Waals surface area contributed by atoms with E-state index in [1.165, 1.54) is 0 Å². The van der Waals surface area contributed by atoms with Crippen molar-refractivity contribution in [2.24, 2.45) is 0 Å². The highest BCUT2D eigenvalue weighted by atomic mass is 35.5. The van der Waals surface area contributed by atoms with Crippen molar-refractivity contribution in [1.82, 2.24) is 10.2 Å². The second-order valence-corrected chi connectivity index (χ2v) is 7.17. The fraction of sp³-hybridized carbons (Fsp3) is 0.125. The lowest BCUT2D eigenvalue weighted by Gasteiger charge is -2.19. The predicted molar refractivity (Wildman–Crippen MR) is 120 cm³/mol. The minimum absolute atomic E-state index is 0.291. The Labute approximate surface area is 184 Å². The maximum atomic E-state index is 12.8. The number of para-hydroxylation sites is 2. The normalized spacial score (nSPS) is 11.7. The van der Waals surface area contributed by atoms with Gasteiger partial charge in [-0.05, 0) is 42.8 Å². The fourth-order valence-electron chi connectivity index (χ4n) is 3.03. The number of carbonyl (C=O) groups is 1. The zero-order valence-electron chi connectivity index (χ0n) is 16.8. The number of ether oxygens (including phenoxy) is 1. The topological polar surface area (TPSA) is 77.2 Å². The molecule has 6 nitrogen and oxygen atoms in total. The van der Waals surface area contributed by atoms with E-state index in [0.717, 1.165) is 5.56 Å². The average molecular weight is 434 g/mol. The van der Waals surface area contributed by atoms with E-state index in [1.54, 1.807) is 30.3 Å². The van der Waals surface area contributed by atoms with E-state index in [2.05, 4.69) is 15.5 Å². The van der Waals surface area contributed by atoms with Gasteiger partial charge in [-0.1, -0.05) is 61.0 Å². The Morgan fingerprint density at radius 2 is 1.65 bits per heavy atom. The second kappa shape index (κ2) is 9.45. The number of benzene rings is 3. The monoisotopic (exact) mass is 433 g/mol. The molecule has 1 heterocycles. The first-order valence-electron chi connectivity index (χ1n) is 9.86. The molecule has 1 aromatic heterocycles. The highest BCUT2D eigenvalue weighted by Crippen LogP contribution is 2.32. The molecule has 4 aromatic rings. The largest absolute Gasteiger partial charge is 0.480 e. The third-order valence-electron chi connectivity index (χ3n) is 4.63. The summed E-state index contributed by atoms with van der Waals surface area (Å²) >= 11 is 6.15. The van der Waals surface area contributed by atoms with E-state index < -0.39 is 6.10 Å². The Kier molecular flexibility index (Phi) is 6.29. The van der Waals surface area contributed by atoms with Gasteiger partial charge in [0.25, 0.3) is 11.8 Å². The molecule has 0 spiro atoms. The van der Waals surface area contributed by atoms with Crippen LogP contribution in [0.2, 0.25) is 5.02 Å². The molecule has 0 aliphatic heterocycles. The minimum atomic E-state index is -0.728. The number of rotatable bonds is 7. The van der Waals surface area contributed by atoms with Crippen LogP contribution in [0.15, 0.2) is 83.3 Å². The first-order chi connectivity index (χ1) is 15.2. The molecule has 156 valence electrons. The summed E-state index contributed by atoms with van der Waals surface area (Å²) in [5, 5.41) is 11.6. The van der Waals surface area contributed by atoms with Crippen molar-refractivity contribution in [1.29, 1.82) is 0 Å². The van der Waals surface area contributed by atoms with Crippen molar-refractivity contribution in [3.05, 3.63) is 83.9 Å². The Hall–Kier alpha value is -3.64. The minimum Gasteiger partial charge on any atom is -0.480 e. The van der Waals surface area contributed by atoms with E-state index >= 15 is 0 Å². The van der Waals surface area contributed by atoms with Crippen molar-refractivity contribution in [2.45, 2.75) is 19.4 Å². The van der Waals surface area contributed by atoms with Crippen LogP contribution in [0.25, 0.3) is 22.9 Å². The van der Waals surface area contributed by atoms with Crippen LogP contribution < -0.4 is 10.1 Å². The molecule has 0 bridgehead atoms. The van der Waals surface area contributed by atoms with E-state index in [1.807, 2.05) is 55.5 Å². The molecule has 0 radical (unpaired) electrons. The van der Waals surface area contributed by atoms with Crippen LogP contribution in [-0.2, 0) is 4.79 Å². The van der Waals surface area contributed by atoms with E-state index in [-0.39, 0.29) is 5.91 Å². The zero-order chi connectivity index (χ0) is 21.6. The van der Waals surface area contributed by atoms with E-state index in [9.17, 15) is 4.79 Å². The lowest BCUT2D eigenvalue weighted by atomic mass is 10.2. The number of nitrogens with zero attached hydrogens (tertiary/aromatic N) is 2. The standard InChI is InChI=1S/C24H20ClN3O3/c1-2-20(22(29)26-19-14-8-7-13-18(19)25)30-21-15-9-6-12-17(21)24-28-27-23(31-24)16-10-4-3-5-11-16/h3-15,20H,2H2,1H3,(H,26,29)/t20-/m1/s1. The van der Waals surface area contributed by atoms with Gasteiger partial charge in [0.1, 0.15) is 5.75 Å². The van der Waals surface area contributed by atoms with Gasteiger partial charge >= 0.3 is 0 Å². The summed E-state index contributed by atoms with van der Waals surface area (Å²) in [5.74, 6) is 0.914. The zero-order valence-corrected chi connectivity index (χ0v) is 17.5. The van der Waals surface area contributed by atoms with Crippen LogP contribution in [0, 0.1) is 0 Å². The van der Waals surface area contributed by atoms with Crippen LogP contribution in [-0.4, -0.2) is 22.2 Å². The number of nitrogens with one attached hydrogen (secondary N) is 1. The molecule has 0 saturated heterocycles. The van der Waals surface area contributed by atoms with Gasteiger partial charge in [0, 0.05) is 5.56 Å².